The molecule has 1 aliphatic rings. The quantitative estimate of drug-likeness (QED) is 0.764. The van der Waals surface area contributed by atoms with Gasteiger partial charge in [-0.1, -0.05) is 13.8 Å². The second kappa shape index (κ2) is 9.46. The lowest BCUT2D eigenvalue weighted by molar-refractivity contribution is -0.123. The number of hydrogen-bond donors (Lipinski definition) is 1. The number of amides is 1. The molecule has 1 unspecified atom stereocenters. The lowest BCUT2D eigenvalue weighted by Gasteiger charge is -2.34. The molecule has 0 saturated carbocycles. The highest BCUT2D eigenvalue weighted by Gasteiger charge is 2.21. The third kappa shape index (κ3) is 6.84. The zero-order valence-corrected chi connectivity index (χ0v) is 16.1. The van der Waals surface area contributed by atoms with Crippen LogP contribution in [-0.2, 0) is 16.1 Å². The van der Waals surface area contributed by atoms with E-state index >= 15 is 0 Å². The number of ether oxygens (including phenoxy) is 1. The van der Waals surface area contributed by atoms with Crippen molar-refractivity contribution >= 4 is 17.2 Å². The van der Waals surface area contributed by atoms with Gasteiger partial charge in [0, 0.05) is 38.1 Å². The van der Waals surface area contributed by atoms with Gasteiger partial charge in [0.25, 0.3) is 0 Å². The van der Waals surface area contributed by atoms with Crippen molar-refractivity contribution in [3.05, 3.63) is 16.1 Å². The Morgan fingerprint density at radius 1 is 1.58 bits per heavy atom. The van der Waals surface area contributed by atoms with E-state index in [0.29, 0.717) is 25.6 Å². The van der Waals surface area contributed by atoms with Gasteiger partial charge in [-0.3, -0.25) is 14.6 Å². The van der Waals surface area contributed by atoms with Crippen molar-refractivity contribution in [1.29, 1.82) is 0 Å². The molecule has 0 spiro atoms. The molecule has 24 heavy (non-hydrogen) atoms. The molecule has 1 saturated heterocycles. The van der Waals surface area contributed by atoms with Crippen LogP contribution in [0, 0.1) is 12.8 Å². The molecule has 0 radical (unpaired) electrons. The normalized spacial score (nSPS) is 19.2. The Morgan fingerprint density at radius 3 is 3.04 bits per heavy atom. The molecule has 1 atom stereocenters. The third-order valence-electron chi connectivity index (χ3n) is 3.89. The van der Waals surface area contributed by atoms with E-state index in [1.165, 1.54) is 0 Å². The maximum atomic E-state index is 12.1. The number of carbonyl (C=O) groups excluding carboxylic acids is 1. The molecule has 1 amide bonds. The van der Waals surface area contributed by atoms with E-state index in [1.807, 2.05) is 24.3 Å². The Hall–Kier alpha value is -1.02. The maximum Gasteiger partial charge on any atom is 0.234 e. The summed E-state index contributed by atoms with van der Waals surface area (Å²) in [6, 6.07) is 0. The Bertz CT molecular complexity index is 520. The van der Waals surface area contributed by atoms with Crippen molar-refractivity contribution in [2.75, 3.05) is 46.4 Å². The van der Waals surface area contributed by atoms with Crippen LogP contribution in [0.2, 0.25) is 0 Å². The Balaban J connectivity index is 1.66. The molecule has 0 aliphatic carbocycles. The van der Waals surface area contributed by atoms with Gasteiger partial charge in [-0.15, -0.1) is 11.3 Å². The Kier molecular flexibility index (Phi) is 7.61. The van der Waals surface area contributed by atoms with Gasteiger partial charge in [0.15, 0.2) is 0 Å². The summed E-state index contributed by atoms with van der Waals surface area (Å²) in [7, 11) is 1.94. The molecule has 1 aliphatic heterocycles. The molecular weight excluding hydrogens is 324 g/mol. The lowest BCUT2D eigenvalue weighted by atomic mass is 10.2. The number of aryl methyl sites for hydroxylation is 1. The summed E-state index contributed by atoms with van der Waals surface area (Å²) in [5, 5.41) is 6.10. The Morgan fingerprint density at radius 2 is 2.38 bits per heavy atom. The van der Waals surface area contributed by atoms with Gasteiger partial charge in [-0.05, 0) is 19.9 Å². The van der Waals surface area contributed by atoms with Gasteiger partial charge >= 0.3 is 0 Å². The van der Waals surface area contributed by atoms with E-state index in [-0.39, 0.29) is 12.0 Å². The molecule has 6 nitrogen and oxygen atoms in total. The van der Waals surface area contributed by atoms with Crippen molar-refractivity contribution < 1.29 is 9.53 Å². The first-order valence-corrected chi connectivity index (χ1v) is 9.50. The van der Waals surface area contributed by atoms with Crippen LogP contribution >= 0.6 is 11.3 Å². The summed E-state index contributed by atoms with van der Waals surface area (Å²) in [4.78, 5) is 20.9. The molecule has 136 valence electrons. The first kappa shape index (κ1) is 19.3. The molecule has 1 aromatic rings. The zero-order chi connectivity index (χ0) is 17.5. The predicted octanol–water partition coefficient (Wildman–Crippen LogP) is 1.36. The van der Waals surface area contributed by atoms with Crippen LogP contribution in [0.25, 0.3) is 0 Å². The Labute approximate surface area is 149 Å². The molecule has 1 aromatic heterocycles. The highest BCUT2D eigenvalue weighted by Crippen LogP contribution is 2.10. The van der Waals surface area contributed by atoms with Crippen LogP contribution in [-0.4, -0.2) is 73.2 Å². The number of hydrogen-bond acceptors (Lipinski definition) is 6. The first-order valence-electron chi connectivity index (χ1n) is 8.62. The monoisotopic (exact) mass is 354 g/mol. The van der Waals surface area contributed by atoms with Gasteiger partial charge in [0.1, 0.15) is 0 Å². The van der Waals surface area contributed by atoms with Crippen LogP contribution in [0.3, 0.4) is 0 Å². The molecule has 1 fully saturated rings. The van der Waals surface area contributed by atoms with E-state index in [1.54, 1.807) is 11.3 Å². The average Bonchev–Trinajstić information content (AvgIpc) is 2.89. The second-order valence-corrected chi connectivity index (χ2v) is 8.04. The van der Waals surface area contributed by atoms with E-state index in [4.69, 9.17) is 4.74 Å². The van der Waals surface area contributed by atoms with Gasteiger partial charge in [0.05, 0.1) is 30.0 Å². The van der Waals surface area contributed by atoms with Crippen LogP contribution in [0.15, 0.2) is 5.38 Å². The van der Waals surface area contributed by atoms with Gasteiger partial charge < -0.3 is 10.1 Å². The van der Waals surface area contributed by atoms with E-state index in [9.17, 15) is 4.79 Å². The minimum atomic E-state index is 0.0361. The summed E-state index contributed by atoms with van der Waals surface area (Å²) in [6.45, 7) is 11.8. The highest BCUT2D eigenvalue weighted by atomic mass is 32.1. The molecule has 2 rings (SSSR count). The first-order chi connectivity index (χ1) is 11.4. The van der Waals surface area contributed by atoms with Crippen molar-refractivity contribution in [2.45, 2.75) is 33.4 Å². The number of aromatic nitrogens is 1. The molecule has 7 heteroatoms. The number of nitrogens with one attached hydrogen (secondary N) is 1. The van der Waals surface area contributed by atoms with Crippen LogP contribution in [0.1, 0.15) is 24.5 Å². The minimum Gasteiger partial charge on any atom is -0.374 e. The summed E-state index contributed by atoms with van der Waals surface area (Å²) < 4.78 is 5.76. The number of rotatable bonds is 8. The molecule has 2 heterocycles. The minimum absolute atomic E-state index is 0.0361. The van der Waals surface area contributed by atoms with Gasteiger partial charge in [-0.2, -0.15) is 0 Å². The van der Waals surface area contributed by atoms with Crippen LogP contribution < -0.4 is 5.32 Å². The fourth-order valence-corrected chi connectivity index (χ4v) is 3.53. The molecular formula is C17H30N4O2S. The molecule has 0 aromatic carbocycles. The van der Waals surface area contributed by atoms with Crippen molar-refractivity contribution in [1.82, 2.24) is 20.1 Å². The number of nitrogens with zero attached hydrogens (tertiary/aromatic N) is 3. The fraction of sp³-hybridized carbons (Fsp3) is 0.765. The number of likely N-dealkylation sites (N-methyl/N-ethyl adjacent to an activating group) is 1. The summed E-state index contributed by atoms with van der Waals surface area (Å²) in [5.74, 6) is 0.690. The van der Waals surface area contributed by atoms with Gasteiger partial charge in [0.2, 0.25) is 5.91 Å². The topological polar surface area (TPSA) is 57.7 Å². The van der Waals surface area contributed by atoms with Crippen molar-refractivity contribution in [2.24, 2.45) is 5.92 Å². The number of thiazole rings is 1. The van der Waals surface area contributed by atoms with E-state index < -0.39 is 0 Å². The second-order valence-electron chi connectivity index (χ2n) is 6.98. The number of carbonyl (C=O) groups is 1. The number of morpholine rings is 1. The predicted molar refractivity (Wildman–Crippen MR) is 97.2 cm³/mol. The van der Waals surface area contributed by atoms with E-state index in [2.05, 4.69) is 29.0 Å². The van der Waals surface area contributed by atoms with Gasteiger partial charge in [-0.25, -0.2) is 4.98 Å². The smallest absolute Gasteiger partial charge is 0.234 e. The average molecular weight is 355 g/mol. The largest absolute Gasteiger partial charge is 0.374 e. The lowest BCUT2D eigenvalue weighted by Crippen LogP contribution is -2.49. The third-order valence-corrected chi connectivity index (χ3v) is 4.71. The standard InChI is InChI=1S/C17H30N4O2S/c1-13(2)8-21-5-6-23-16(10-21)7-18-17(22)11-20(4)9-15-12-24-14(3)19-15/h12-13,16H,5-11H2,1-4H3,(H,18,22). The highest BCUT2D eigenvalue weighted by molar-refractivity contribution is 7.09. The summed E-state index contributed by atoms with van der Waals surface area (Å²) in [6.07, 6.45) is 0.0907. The fourth-order valence-electron chi connectivity index (χ4n) is 2.93. The summed E-state index contributed by atoms with van der Waals surface area (Å²) in [5.41, 5.74) is 1.02. The molecule has 1 N–H and O–H groups in total. The van der Waals surface area contributed by atoms with E-state index in [0.717, 1.165) is 36.9 Å². The maximum absolute atomic E-state index is 12.1. The SMILES string of the molecule is Cc1nc(CN(C)CC(=O)NCC2CN(CC(C)C)CCO2)cs1. The zero-order valence-electron chi connectivity index (χ0n) is 15.2. The van der Waals surface area contributed by atoms with Crippen LogP contribution in [0.5, 0.6) is 0 Å². The molecule has 0 bridgehead atoms. The summed E-state index contributed by atoms with van der Waals surface area (Å²) >= 11 is 1.64. The van der Waals surface area contributed by atoms with Crippen molar-refractivity contribution in [3.63, 3.8) is 0 Å². The van der Waals surface area contributed by atoms with Crippen molar-refractivity contribution in [3.8, 4) is 0 Å². The van der Waals surface area contributed by atoms with Crippen LogP contribution in [0.4, 0.5) is 0 Å².